The fourth-order valence-electron chi connectivity index (χ4n) is 22.1. The molecule has 2 aromatic heterocycles. The highest BCUT2D eigenvalue weighted by molar-refractivity contribution is 6.90. The lowest BCUT2D eigenvalue weighted by atomic mass is 9.92. The molecule has 4 nitrogen and oxygen atoms in total. The van der Waals surface area contributed by atoms with Crippen molar-refractivity contribution in [3.8, 4) is 89.3 Å². The molecule has 0 unspecified atom stereocenters. The summed E-state index contributed by atoms with van der Waals surface area (Å²) in [5.74, 6) is 0. The maximum Gasteiger partial charge on any atom is 0.0775 e. The lowest BCUT2D eigenvalue weighted by Crippen LogP contribution is -2.37. The van der Waals surface area contributed by atoms with Crippen LogP contribution >= 0.6 is 0 Å². The van der Waals surface area contributed by atoms with E-state index in [4.69, 9.17) is 0 Å². The highest BCUT2D eigenvalue weighted by Gasteiger charge is 2.26. The molecule has 0 radical (unpaired) electrons. The monoisotopic (exact) mass is 1940 g/mol. The van der Waals surface area contributed by atoms with Crippen molar-refractivity contribution in [2.75, 3.05) is 9.80 Å². The predicted molar refractivity (Wildman–Crippen MR) is 646 cm³/mol. The molecule has 704 valence electrons. The first kappa shape index (κ1) is 92.1. The fraction of sp³-hybridized carbons (Fsp3) is 0.0870. The van der Waals surface area contributed by atoms with Crippen LogP contribution in [0.25, 0.3) is 198 Å². The number of fused-ring (bicyclic) bond motifs is 18. The van der Waals surface area contributed by atoms with E-state index in [9.17, 15) is 0 Å². The van der Waals surface area contributed by atoms with Gasteiger partial charge in [0.05, 0.1) is 54.4 Å². The smallest absolute Gasteiger partial charge is 0.0775 e. The number of anilines is 6. The first-order valence-electron chi connectivity index (χ1n) is 51.4. The first-order chi connectivity index (χ1) is 70.9. The van der Waals surface area contributed by atoms with Crippen molar-refractivity contribution in [1.29, 1.82) is 0 Å². The van der Waals surface area contributed by atoms with Crippen molar-refractivity contribution in [2.24, 2.45) is 0 Å². The molecule has 0 N–H and O–H groups in total. The predicted octanol–water partition coefficient (Wildman–Crippen LogP) is 37.3. The van der Waals surface area contributed by atoms with Crippen molar-refractivity contribution < 1.29 is 0 Å². The Kier molecular flexibility index (Phi) is 23.4. The second-order valence-electron chi connectivity index (χ2n) is 43.6. The molecule has 0 amide bonds. The molecular formula is C138H116N4Si4. The van der Waals surface area contributed by atoms with Gasteiger partial charge in [-0.1, -0.05) is 445 Å². The molecule has 146 heavy (non-hydrogen) atoms. The third kappa shape index (κ3) is 17.3. The van der Waals surface area contributed by atoms with Gasteiger partial charge in [-0.2, -0.15) is 0 Å². The number of nitrogens with zero attached hydrogens (tertiary/aromatic N) is 4. The van der Waals surface area contributed by atoms with Crippen LogP contribution in [0.5, 0.6) is 0 Å². The Bertz CT molecular complexity index is 9020. The van der Waals surface area contributed by atoms with Crippen LogP contribution in [0.15, 0.2) is 485 Å². The Morgan fingerprint density at radius 2 is 0.301 bits per heavy atom. The summed E-state index contributed by atoms with van der Waals surface area (Å²) in [4.78, 5) is 4.76. The van der Waals surface area contributed by atoms with Crippen molar-refractivity contribution in [1.82, 2.24) is 9.13 Å². The minimum absolute atomic E-state index is 1.11. The van der Waals surface area contributed by atoms with E-state index < -0.39 is 32.3 Å². The van der Waals surface area contributed by atoms with Gasteiger partial charge in [-0.15, -0.1) is 0 Å². The van der Waals surface area contributed by atoms with Crippen molar-refractivity contribution in [3.63, 3.8) is 0 Å². The Hall–Kier alpha value is -16.3. The van der Waals surface area contributed by atoms with Crippen LogP contribution in [0.1, 0.15) is 0 Å². The quantitative estimate of drug-likeness (QED) is 0.0593. The summed E-state index contributed by atoms with van der Waals surface area (Å²) in [5.41, 5.74) is 30.8. The number of hydrogen-bond acceptors (Lipinski definition) is 2. The Morgan fingerprint density at radius 1 is 0.130 bits per heavy atom. The summed E-state index contributed by atoms with van der Waals surface area (Å²) in [5, 5.41) is 26.4. The summed E-state index contributed by atoms with van der Waals surface area (Å²) in [6.45, 7) is 28.9. The van der Waals surface area contributed by atoms with E-state index >= 15 is 0 Å². The SMILES string of the molecule is C[Si](C)(C)c1ccc(-c2ccc(N(c3ccc(-c4ccc([Si](C)(C)C)cc4)cc3)c3ccc(-c4ccc5c(c4)c4ccccc4n5-c4ccc(-c5ccc6c7ccccc7c7ccccc7c6c5)cc4)cc3)cc2)cc1.C[Si](C)(C)c1ccc(-c2ccc(N(c3ccc(-c4ccc([Si](C)(C)C)cc4)cc3)c3ccc(-c4ccc5c(c4)c4ccccc4n5-c4ccc5c6ccccc6c6ccccc6c5c4)cc3)cc2)cc1. The largest absolute Gasteiger partial charge is 0.311 e. The maximum absolute atomic E-state index is 2.44. The van der Waals surface area contributed by atoms with Gasteiger partial charge in [0, 0.05) is 67.0 Å². The highest BCUT2D eigenvalue weighted by Crippen LogP contribution is 2.47. The number of rotatable bonds is 19. The van der Waals surface area contributed by atoms with E-state index in [1.807, 2.05) is 0 Å². The summed E-state index contributed by atoms with van der Waals surface area (Å²) in [6, 6.07) is 181. The normalized spacial score (nSPS) is 12.1. The lowest BCUT2D eigenvalue weighted by Gasteiger charge is -2.26. The molecule has 0 fully saturated rings. The van der Waals surface area contributed by atoms with Crippen LogP contribution < -0.4 is 30.5 Å². The maximum atomic E-state index is 2.44. The zero-order valence-electron chi connectivity index (χ0n) is 85.0. The van der Waals surface area contributed by atoms with Crippen LogP contribution in [0.3, 0.4) is 0 Å². The fourth-order valence-corrected chi connectivity index (χ4v) is 26.8. The average molecular weight is 1940 g/mol. The van der Waals surface area contributed by atoms with Crippen LogP contribution in [-0.2, 0) is 0 Å². The van der Waals surface area contributed by atoms with Gasteiger partial charge in [0.15, 0.2) is 0 Å². The van der Waals surface area contributed by atoms with Crippen LogP contribution in [-0.4, -0.2) is 41.4 Å². The van der Waals surface area contributed by atoms with E-state index in [1.165, 1.54) is 207 Å². The summed E-state index contributed by atoms with van der Waals surface area (Å²) >= 11 is 0. The van der Waals surface area contributed by atoms with Gasteiger partial charge in [-0.05, 0) is 282 Å². The van der Waals surface area contributed by atoms with Crippen LogP contribution in [0.4, 0.5) is 34.1 Å². The molecular weight excluding hydrogens is 1830 g/mol. The van der Waals surface area contributed by atoms with Crippen molar-refractivity contribution in [3.05, 3.63) is 485 Å². The topological polar surface area (TPSA) is 16.3 Å². The third-order valence-corrected chi connectivity index (χ3v) is 38.6. The molecule has 0 atom stereocenters. The van der Waals surface area contributed by atoms with Gasteiger partial charge in [0.2, 0.25) is 0 Å². The van der Waals surface area contributed by atoms with Gasteiger partial charge in [0.25, 0.3) is 0 Å². The van der Waals surface area contributed by atoms with Gasteiger partial charge >= 0.3 is 0 Å². The molecule has 0 aliphatic rings. The second kappa shape index (κ2) is 37.1. The van der Waals surface area contributed by atoms with Gasteiger partial charge in [-0.25, -0.2) is 0 Å². The molecule has 0 saturated carbocycles. The Balaban J connectivity index is 0.000000157. The molecule has 8 heteroatoms. The van der Waals surface area contributed by atoms with Gasteiger partial charge in [-0.3, -0.25) is 0 Å². The van der Waals surface area contributed by atoms with E-state index in [1.54, 1.807) is 0 Å². The number of hydrogen-bond donors (Lipinski definition) is 0. The summed E-state index contributed by atoms with van der Waals surface area (Å²) < 4.78 is 4.86. The number of aromatic nitrogens is 2. The van der Waals surface area contributed by atoms with E-state index in [0.717, 1.165) is 45.5 Å². The number of benzene rings is 23. The zero-order chi connectivity index (χ0) is 99.4. The molecule has 25 rings (SSSR count). The molecule has 0 aliphatic carbocycles. The minimum Gasteiger partial charge on any atom is -0.311 e. The van der Waals surface area contributed by atoms with E-state index in [0.29, 0.717) is 0 Å². The van der Waals surface area contributed by atoms with Crippen molar-refractivity contribution in [2.45, 2.75) is 78.6 Å². The van der Waals surface area contributed by atoms with Crippen molar-refractivity contribution >= 4 is 195 Å². The molecule has 0 saturated heterocycles. The van der Waals surface area contributed by atoms with Gasteiger partial charge < -0.3 is 18.9 Å². The molecule has 0 aliphatic heterocycles. The summed E-state index contributed by atoms with van der Waals surface area (Å²) in [6.07, 6.45) is 0. The third-order valence-electron chi connectivity index (χ3n) is 30.3. The minimum atomic E-state index is -1.39. The average Bonchev–Trinajstić information content (AvgIpc) is 1.56. The molecule has 0 bridgehead atoms. The highest BCUT2D eigenvalue weighted by atomic mass is 28.3. The Labute approximate surface area is 860 Å². The van der Waals surface area contributed by atoms with Gasteiger partial charge in [0.1, 0.15) is 0 Å². The van der Waals surface area contributed by atoms with Crippen LogP contribution in [0.2, 0.25) is 78.6 Å². The molecule has 0 spiro atoms. The summed E-state index contributed by atoms with van der Waals surface area (Å²) in [7, 11) is -5.54. The standard InChI is InChI=1S/C72H60N2Si2.C66H56N2Si2/c1-75(2,3)61-41-27-51(28-42-61)49-19-33-57(34-20-49)73(58-35-21-50(22-36-58)52-29-43-62(44-30-52)76(4,5)6)59-37-23-54(24-38-59)56-32-46-72-70(48-56)68-17-11-12-18-71(68)74(72)60-39-25-53(26-40-60)55-31-45-67-65-15-8-7-13-63(65)64-14-9-10-16-66(64)69(67)47-55;1-69(2,3)55-37-25-47(26-38-55)45-19-30-51(31-20-45)67(52-32-21-46(22-33-52)48-27-39-56(40-28-48)70(4,5)6)53-34-23-49(24-35-53)50-29-42-66-64(43-50)62-17-11-12-18-65(62)68(66)54-36-41-61-59-15-8-7-13-57(59)58-14-9-10-16-60(58)63(61)44-54/h7-48H,1-6H3;7-44H,1-6H3. The van der Waals surface area contributed by atoms with Crippen LogP contribution in [0, 0.1) is 0 Å². The Morgan fingerprint density at radius 3 is 0.568 bits per heavy atom. The zero-order valence-corrected chi connectivity index (χ0v) is 89.0. The van der Waals surface area contributed by atoms with E-state index in [2.05, 4.69) is 583 Å². The molecule has 2 heterocycles. The first-order valence-corrected chi connectivity index (χ1v) is 65.4. The lowest BCUT2D eigenvalue weighted by molar-refractivity contribution is 1.18. The second-order valence-corrected chi connectivity index (χ2v) is 64.0. The number of para-hydroxylation sites is 2. The molecule has 25 aromatic rings. The van der Waals surface area contributed by atoms with E-state index in [-0.39, 0.29) is 0 Å². The molecule has 23 aromatic carbocycles.